The number of halogens is 1. The van der Waals surface area contributed by atoms with E-state index in [1.54, 1.807) is 19.9 Å². The molecule has 2 amide bonds. The van der Waals surface area contributed by atoms with Crippen LogP contribution in [0.15, 0.2) is 28.8 Å². The number of carbonyl (C=O) groups is 2. The third kappa shape index (κ3) is 5.28. The lowest BCUT2D eigenvalue weighted by Crippen LogP contribution is -2.25. The van der Waals surface area contributed by atoms with Crippen LogP contribution in [0, 0.1) is 22.9 Å². The van der Waals surface area contributed by atoms with Gasteiger partial charge in [-0.3, -0.25) is 19.7 Å². The van der Waals surface area contributed by atoms with Gasteiger partial charge in [0.2, 0.25) is 17.6 Å². The molecule has 138 valence electrons. The van der Waals surface area contributed by atoms with Gasteiger partial charge in [0.1, 0.15) is 5.76 Å². The van der Waals surface area contributed by atoms with Gasteiger partial charge < -0.3 is 15.2 Å². The number of nitro benzene ring substituents is 1. The standard InChI is InChI=1S/C15H15FN4O5S/c1-8-5-13(19-25-8)18-15(22)9(2)26-7-14(21)17-10-3-4-11(16)12(6-10)20(23)24/h3-6,9H,7H2,1-2H3,(H,17,21)(H,18,19,22)/t9-/m0/s1. The van der Waals surface area contributed by atoms with Crippen molar-refractivity contribution in [3.05, 3.63) is 46.0 Å². The van der Waals surface area contributed by atoms with Crippen LogP contribution in [-0.2, 0) is 9.59 Å². The highest BCUT2D eigenvalue weighted by Crippen LogP contribution is 2.22. The fourth-order valence-electron chi connectivity index (χ4n) is 1.86. The van der Waals surface area contributed by atoms with Crippen LogP contribution in [-0.4, -0.2) is 32.9 Å². The number of anilines is 2. The molecule has 0 fully saturated rings. The van der Waals surface area contributed by atoms with E-state index in [2.05, 4.69) is 15.8 Å². The van der Waals surface area contributed by atoms with Gasteiger partial charge in [0.05, 0.1) is 15.9 Å². The van der Waals surface area contributed by atoms with Crippen molar-refractivity contribution < 1.29 is 23.4 Å². The second-order valence-corrected chi connectivity index (χ2v) is 6.57. The van der Waals surface area contributed by atoms with Crippen molar-refractivity contribution in [1.82, 2.24) is 5.16 Å². The van der Waals surface area contributed by atoms with E-state index < -0.39 is 27.6 Å². The summed E-state index contributed by atoms with van der Waals surface area (Å²) in [7, 11) is 0. The molecule has 26 heavy (non-hydrogen) atoms. The van der Waals surface area contributed by atoms with Crippen LogP contribution >= 0.6 is 11.8 Å². The Kier molecular flexibility index (Phi) is 6.28. The molecule has 0 aliphatic heterocycles. The number of nitrogens with one attached hydrogen (secondary N) is 2. The van der Waals surface area contributed by atoms with E-state index in [1.807, 2.05) is 0 Å². The summed E-state index contributed by atoms with van der Waals surface area (Å²) in [4.78, 5) is 33.7. The number of aryl methyl sites for hydroxylation is 1. The van der Waals surface area contributed by atoms with Crippen LogP contribution in [0.3, 0.4) is 0 Å². The van der Waals surface area contributed by atoms with Crippen molar-refractivity contribution in [2.45, 2.75) is 19.1 Å². The monoisotopic (exact) mass is 382 g/mol. The Balaban J connectivity index is 1.85. The summed E-state index contributed by atoms with van der Waals surface area (Å²) in [5, 5.41) is 18.7. The number of carbonyl (C=O) groups excluding carboxylic acids is 2. The molecule has 0 aliphatic rings. The minimum Gasteiger partial charge on any atom is -0.360 e. The molecule has 2 rings (SSSR count). The van der Waals surface area contributed by atoms with Crippen molar-refractivity contribution in [1.29, 1.82) is 0 Å². The lowest BCUT2D eigenvalue weighted by atomic mass is 10.2. The van der Waals surface area contributed by atoms with Gasteiger partial charge in [-0.1, -0.05) is 5.16 Å². The Bertz CT molecular complexity index is 841. The second kappa shape index (κ2) is 8.43. The molecule has 1 heterocycles. The minimum absolute atomic E-state index is 0.0718. The molecule has 0 bridgehead atoms. The normalized spacial score (nSPS) is 11.7. The number of nitrogens with zero attached hydrogens (tertiary/aromatic N) is 2. The van der Waals surface area contributed by atoms with Gasteiger partial charge in [0, 0.05) is 17.8 Å². The maximum absolute atomic E-state index is 13.3. The molecule has 2 aromatic rings. The van der Waals surface area contributed by atoms with E-state index in [4.69, 9.17) is 4.52 Å². The topological polar surface area (TPSA) is 127 Å². The van der Waals surface area contributed by atoms with Crippen LogP contribution < -0.4 is 10.6 Å². The molecule has 0 radical (unpaired) electrons. The first kappa shape index (κ1) is 19.4. The highest BCUT2D eigenvalue weighted by molar-refractivity contribution is 8.01. The smallest absolute Gasteiger partial charge is 0.306 e. The summed E-state index contributed by atoms with van der Waals surface area (Å²) in [6.45, 7) is 3.30. The SMILES string of the molecule is Cc1cc(NC(=O)[C@H](C)SCC(=O)Nc2ccc(F)c([N+](=O)[O-])c2)no1. The molecule has 9 nitrogen and oxygen atoms in total. The summed E-state index contributed by atoms with van der Waals surface area (Å²) in [6.07, 6.45) is 0. The molecule has 2 N–H and O–H groups in total. The molecule has 0 aliphatic carbocycles. The van der Waals surface area contributed by atoms with Crippen LogP contribution in [0.5, 0.6) is 0 Å². The molecule has 11 heteroatoms. The highest BCUT2D eigenvalue weighted by atomic mass is 32.2. The van der Waals surface area contributed by atoms with Gasteiger partial charge in [-0.25, -0.2) is 0 Å². The van der Waals surface area contributed by atoms with Gasteiger partial charge in [0.25, 0.3) is 0 Å². The van der Waals surface area contributed by atoms with Crippen LogP contribution in [0.25, 0.3) is 0 Å². The number of thioether (sulfide) groups is 1. The van der Waals surface area contributed by atoms with Crippen molar-refractivity contribution in [3.63, 3.8) is 0 Å². The molecule has 0 spiro atoms. The number of hydrogen-bond acceptors (Lipinski definition) is 7. The average molecular weight is 382 g/mol. The zero-order valence-corrected chi connectivity index (χ0v) is 14.6. The molecule has 1 aromatic heterocycles. The van der Waals surface area contributed by atoms with E-state index in [-0.39, 0.29) is 23.2 Å². The predicted molar refractivity (Wildman–Crippen MR) is 93.5 cm³/mol. The van der Waals surface area contributed by atoms with Gasteiger partial charge in [0.15, 0.2) is 5.82 Å². The summed E-state index contributed by atoms with van der Waals surface area (Å²) >= 11 is 1.06. The maximum atomic E-state index is 13.3. The molecule has 1 atom stereocenters. The lowest BCUT2D eigenvalue weighted by molar-refractivity contribution is -0.387. The number of hydrogen-bond donors (Lipinski definition) is 2. The average Bonchev–Trinajstić information content (AvgIpc) is 2.99. The first-order chi connectivity index (χ1) is 12.3. The number of rotatable bonds is 7. The Morgan fingerprint density at radius 2 is 2.12 bits per heavy atom. The first-order valence-electron chi connectivity index (χ1n) is 7.36. The molecule has 0 saturated carbocycles. The Morgan fingerprint density at radius 1 is 1.38 bits per heavy atom. The highest BCUT2D eigenvalue weighted by Gasteiger charge is 2.18. The lowest BCUT2D eigenvalue weighted by Gasteiger charge is -2.10. The van der Waals surface area contributed by atoms with E-state index in [1.165, 1.54) is 6.07 Å². The van der Waals surface area contributed by atoms with E-state index >= 15 is 0 Å². The fourth-order valence-corrected chi connectivity index (χ4v) is 2.54. The molecular formula is C15H15FN4O5S. The predicted octanol–water partition coefficient (Wildman–Crippen LogP) is 2.73. The molecule has 0 saturated heterocycles. The summed E-state index contributed by atoms with van der Waals surface area (Å²) in [5.41, 5.74) is -0.634. The van der Waals surface area contributed by atoms with Crippen molar-refractivity contribution in [2.75, 3.05) is 16.4 Å². The van der Waals surface area contributed by atoms with Crippen molar-refractivity contribution >= 4 is 40.8 Å². The number of nitro groups is 1. The van der Waals surface area contributed by atoms with Gasteiger partial charge >= 0.3 is 5.69 Å². The minimum atomic E-state index is -0.990. The zero-order valence-electron chi connectivity index (χ0n) is 13.8. The Morgan fingerprint density at radius 3 is 2.73 bits per heavy atom. The van der Waals surface area contributed by atoms with Crippen LogP contribution in [0.4, 0.5) is 21.6 Å². The Labute approximate surface area is 151 Å². The molecular weight excluding hydrogens is 367 g/mol. The largest absolute Gasteiger partial charge is 0.360 e. The molecule has 1 aromatic carbocycles. The number of amides is 2. The van der Waals surface area contributed by atoms with Gasteiger partial charge in [-0.2, -0.15) is 4.39 Å². The van der Waals surface area contributed by atoms with E-state index in [9.17, 15) is 24.1 Å². The van der Waals surface area contributed by atoms with Crippen molar-refractivity contribution in [3.8, 4) is 0 Å². The summed E-state index contributed by atoms with van der Waals surface area (Å²) < 4.78 is 18.1. The van der Waals surface area contributed by atoms with Gasteiger partial charge in [-0.05, 0) is 26.0 Å². The first-order valence-corrected chi connectivity index (χ1v) is 8.40. The van der Waals surface area contributed by atoms with E-state index in [0.29, 0.717) is 5.76 Å². The zero-order chi connectivity index (χ0) is 19.3. The van der Waals surface area contributed by atoms with Crippen molar-refractivity contribution in [2.24, 2.45) is 0 Å². The van der Waals surface area contributed by atoms with Crippen LogP contribution in [0.2, 0.25) is 0 Å². The second-order valence-electron chi connectivity index (χ2n) is 5.24. The number of benzene rings is 1. The Hall–Kier alpha value is -2.95. The number of aromatic nitrogens is 1. The van der Waals surface area contributed by atoms with Gasteiger partial charge in [-0.15, -0.1) is 11.8 Å². The summed E-state index contributed by atoms with van der Waals surface area (Å²) in [5.74, 6) is -1.06. The van der Waals surface area contributed by atoms with Crippen LogP contribution in [0.1, 0.15) is 12.7 Å². The molecule has 0 unspecified atom stereocenters. The third-order valence-electron chi connectivity index (χ3n) is 3.14. The quantitative estimate of drug-likeness (QED) is 0.557. The van der Waals surface area contributed by atoms with E-state index in [0.717, 1.165) is 23.9 Å². The fraction of sp³-hybridized carbons (Fsp3) is 0.267. The summed E-state index contributed by atoms with van der Waals surface area (Å²) in [6, 6.07) is 4.61. The third-order valence-corrected chi connectivity index (χ3v) is 4.28. The maximum Gasteiger partial charge on any atom is 0.306 e.